The van der Waals surface area contributed by atoms with Crippen LogP contribution in [0.15, 0.2) is 54.6 Å². The average molecular weight is 954 g/mol. The second-order valence-electron chi connectivity index (χ2n) is 19.6. The zero-order chi connectivity index (χ0) is 49.2. The van der Waals surface area contributed by atoms with Crippen molar-refractivity contribution in [3.05, 3.63) is 70.8 Å². The van der Waals surface area contributed by atoms with E-state index < -0.39 is 41.0 Å². The van der Waals surface area contributed by atoms with E-state index in [1.165, 1.54) is 27.3 Å². The van der Waals surface area contributed by atoms with E-state index in [0.29, 0.717) is 49.7 Å². The molecule has 2 saturated heterocycles. The number of urea groups is 1. The van der Waals surface area contributed by atoms with E-state index in [0.717, 1.165) is 39.0 Å². The number of carbonyl (C=O) groups excluding carboxylic acids is 5. The highest BCUT2D eigenvalue weighted by Crippen LogP contribution is 2.42. The van der Waals surface area contributed by atoms with Crippen molar-refractivity contribution in [3.8, 4) is 22.5 Å². The molecule has 2 fully saturated rings. The van der Waals surface area contributed by atoms with Crippen LogP contribution in [0.25, 0.3) is 33.4 Å². The summed E-state index contributed by atoms with van der Waals surface area (Å²) in [5, 5.41) is 19.5. The Morgan fingerprint density at radius 1 is 1.16 bits per heavy atom. The minimum Gasteiger partial charge on any atom is -0.462 e. The number of amides is 5. The Balaban J connectivity index is 1.25. The molecule has 7 rings (SSSR count). The number of likely N-dealkylation sites (tertiary alicyclic amines) is 1. The summed E-state index contributed by atoms with van der Waals surface area (Å²) in [6.45, 7) is 17.5. The molecule has 0 spiro atoms. The summed E-state index contributed by atoms with van der Waals surface area (Å²) in [6.07, 6.45) is 4.17. The van der Waals surface area contributed by atoms with Crippen LogP contribution >= 0.6 is 11.3 Å². The van der Waals surface area contributed by atoms with Gasteiger partial charge in [0.2, 0.25) is 17.5 Å². The molecule has 5 atom stereocenters. The van der Waals surface area contributed by atoms with Crippen LogP contribution < -0.4 is 10.7 Å². The van der Waals surface area contributed by atoms with Crippen molar-refractivity contribution in [1.82, 2.24) is 45.0 Å². The van der Waals surface area contributed by atoms with Gasteiger partial charge in [-0.25, -0.2) is 14.6 Å². The minimum atomic E-state index is -2.23. The van der Waals surface area contributed by atoms with Crippen LogP contribution in [0, 0.1) is 17.3 Å². The molecule has 366 valence electrons. The summed E-state index contributed by atoms with van der Waals surface area (Å²) in [5.41, 5.74) is 6.23. The van der Waals surface area contributed by atoms with Crippen molar-refractivity contribution >= 4 is 52.0 Å². The van der Waals surface area contributed by atoms with Crippen LogP contribution in [-0.4, -0.2) is 141 Å². The molecule has 4 aromatic rings. The van der Waals surface area contributed by atoms with Crippen LogP contribution in [0.5, 0.6) is 0 Å². The molecule has 3 aromatic heterocycles. The van der Waals surface area contributed by atoms with Crippen LogP contribution in [0.1, 0.15) is 83.2 Å². The summed E-state index contributed by atoms with van der Waals surface area (Å²) in [7, 11) is 4.95. The molecule has 3 aliphatic heterocycles. The summed E-state index contributed by atoms with van der Waals surface area (Å²) in [6, 6.07) is 7.74. The monoisotopic (exact) mass is 953 g/mol. The number of methoxy groups -OCH3 is 1. The van der Waals surface area contributed by atoms with Gasteiger partial charge >= 0.3 is 12.0 Å². The summed E-state index contributed by atoms with van der Waals surface area (Å²) >= 11 is 1.36. The summed E-state index contributed by atoms with van der Waals surface area (Å²) in [4.78, 5) is 83.9. The van der Waals surface area contributed by atoms with E-state index in [4.69, 9.17) is 19.4 Å². The lowest BCUT2D eigenvalue weighted by Crippen LogP contribution is -2.67. The van der Waals surface area contributed by atoms with E-state index in [2.05, 4.69) is 47.0 Å². The number of nitrogens with one attached hydrogen (secondary N) is 2. The van der Waals surface area contributed by atoms with Crippen molar-refractivity contribution < 1.29 is 38.6 Å². The van der Waals surface area contributed by atoms with Gasteiger partial charge in [0.05, 0.1) is 34.8 Å². The SMILES string of the molecule is C=CC(=O)N(C)C[C@H]1CCN(C(=O)N(C)[C@H](C(=O)N[C@H]2Cc3nc(cs3)-c3ccc4c(c3)c(c(-c3cccnc3[C@H](C)OC)n4CC)CC(C)(C)COC(=O)[C@@]3(O)CCCN(N3)C2=O)C(C)C)C1. The molecule has 0 saturated carbocycles. The number of pyridine rings is 1. The molecule has 18 heteroatoms. The number of likely N-dealkylation sites (N-methyl/N-ethyl adjacent to an activating group) is 2. The van der Waals surface area contributed by atoms with Crippen molar-refractivity contribution in [2.24, 2.45) is 17.3 Å². The van der Waals surface area contributed by atoms with Crippen LogP contribution in [-0.2, 0) is 48.0 Å². The van der Waals surface area contributed by atoms with E-state index >= 15 is 0 Å². The number of fused-ring (bicyclic) bond motifs is 6. The highest BCUT2D eigenvalue weighted by molar-refractivity contribution is 7.10. The zero-order valence-corrected chi connectivity index (χ0v) is 41.7. The standard InChI is InChI=1S/C50H67N9O8S/c1-11-41(60)55(8)26-32-18-22-57(27-32)48(64)56(9)43(30(3)4)45(61)53-37-24-40-52-38(28-68-40)33-16-17-39-35(23-33)36(44(58(39)12-2)34-15-13-20-51-42(34)31(5)66-10)25-49(6,7)29-67-47(63)50(65)19-14-21-59(54-50)46(37)62/h11,13,15-17,20,23,28,30-32,37,43,54,65H,1,12,14,18-19,21-22,24-27,29H2,2-10H3,(H,53,61)/t31-,32+,37-,43-,50-/m0/s1. The summed E-state index contributed by atoms with van der Waals surface area (Å²) in [5.74, 6) is -2.53. The highest BCUT2D eigenvalue weighted by atomic mass is 32.1. The zero-order valence-electron chi connectivity index (χ0n) is 40.8. The van der Waals surface area contributed by atoms with E-state index in [-0.39, 0.29) is 62.3 Å². The third-order valence-electron chi connectivity index (χ3n) is 13.5. The summed E-state index contributed by atoms with van der Waals surface area (Å²) < 4.78 is 14.0. The Labute approximate surface area is 402 Å². The molecular weight excluding hydrogens is 887 g/mol. The fourth-order valence-electron chi connectivity index (χ4n) is 9.92. The largest absolute Gasteiger partial charge is 0.462 e. The van der Waals surface area contributed by atoms with E-state index in [1.807, 2.05) is 52.1 Å². The van der Waals surface area contributed by atoms with Gasteiger partial charge < -0.3 is 39.2 Å². The topological polar surface area (TPSA) is 192 Å². The Kier molecular flexibility index (Phi) is 15.1. The number of cyclic esters (lactones) is 1. The molecular formula is C50H67N9O8S. The van der Waals surface area contributed by atoms with Crippen LogP contribution in [0.2, 0.25) is 0 Å². The lowest BCUT2D eigenvalue weighted by molar-refractivity contribution is -0.189. The number of aromatic nitrogens is 3. The number of rotatable bonds is 11. The molecule has 68 heavy (non-hydrogen) atoms. The maximum absolute atomic E-state index is 14.7. The lowest BCUT2D eigenvalue weighted by atomic mass is 9.84. The molecule has 1 aromatic carbocycles. The number of ether oxygens (including phenoxy) is 2. The normalized spacial score (nSPS) is 21.8. The predicted molar refractivity (Wildman–Crippen MR) is 260 cm³/mol. The number of hydrogen-bond donors (Lipinski definition) is 3. The Bertz CT molecular complexity index is 2560. The van der Waals surface area contributed by atoms with Gasteiger partial charge in [-0.3, -0.25) is 24.4 Å². The second kappa shape index (κ2) is 20.5. The van der Waals surface area contributed by atoms with Gasteiger partial charge in [-0.05, 0) is 80.9 Å². The maximum Gasteiger partial charge on any atom is 0.355 e. The quantitative estimate of drug-likeness (QED) is 0.126. The van der Waals surface area contributed by atoms with Crippen molar-refractivity contribution in [1.29, 1.82) is 0 Å². The first-order chi connectivity index (χ1) is 32.3. The lowest BCUT2D eigenvalue weighted by Gasteiger charge is -2.40. The fourth-order valence-corrected chi connectivity index (χ4v) is 10.8. The number of thiazole rings is 1. The van der Waals surface area contributed by atoms with Gasteiger partial charge in [-0.1, -0.05) is 40.3 Å². The first-order valence-electron chi connectivity index (χ1n) is 23.6. The molecule has 0 radical (unpaired) electrons. The number of carbonyl (C=O) groups is 5. The van der Waals surface area contributed by atoms with Gasteiger partial charge in [0.15, 0.2) is 0 Å². The second-order valence-corrected chi connectivity index (χ2v) is 20.5. The molecule has 0 aliphatic carbocycles. The van der Waals surface area contributed by atoms with E-state index in [9.17, 15) is 29.1 Å². The molecule has 6 heterocycles. The highest BCUT2D eigenvalue weighted by Gasteiger charge is 2.46. The van der Waals surface area contributed by atoms with Crippen molar-refractivity contribution in [2.45, 2.75) is 104 Å². The molecule has 6 bridgehead atoms. The maximum atomic E-state index is 14.7. The van der Waals surface area contributed by atoms with Gasteiger partial charge in [-0.2, -0.15) is 5.43 Å². The number of nitrogens with zero attached hydrogens (tertiary/aromatic N) is 7. The van der Waals surface area contributed by atoms with Gasteiger partial charge in [-0.15, -0.1) is 11.3 Å². The van der Waals surface area contributed by atoms with Crippen molar-refractivity contribution in [2.75, 3.05) is 54.0 Å². The Hall–Kier alpha value is -5.69. The molecule has 3 aliphatic rings. The van der Waals surface area contributed by atoms with Gasteiger partial charge in [0, 0.05) is 106 Å². The first-order valence-corrected chi connectivity index (χ1v) is 24.4. The van der Waals surface area contributed by atoms with Gasteiger partial charge in [0.1, 0.15) is 12.1 Å². The van der Waals surface area contributed by atoms with E-state index in [1.54, 1.807) is 37.2 Å². The molecule has 5 amide bonds. The Morgan fingerprint density at radius 2 is 1.93 bits per heavy atom. The van der Waals surface area contributed by atoms with Crippen LogP contribution in [0.4, 0.5) is 4.79 Å². The van der Waals surface area contributed by atoms with Gasteiger partial charge in [0.25, 0.3) is 5.91 Å². The van der Waals surface area contributed by atoms with Crippen LogP contribution in [0.3, 0.4) is 0 Å². The number of hydrazine groups is 1. The predicted octanol–water partition coefficient (Wildman–Crippen LogP) is 5.57. The smallest absolute Gasteiger partial charge is 0.355 e. The first kappa shape index (κ1) is 50.2. The fraction of sp³-hybridized carbons (Fsp3) is 0.540. The minimum absolute atomic E-state index is 0.0109. The third kappa shape index (κ3) is 10.3. The Morgan fingerprint density at radius 3 is 2.63 bits per heavy atom. The molecule has 3 N–H and O–H groups in total. The molecule has 0 unspecified atom stereocenters. The number of aliphatic hydroxyl groups is 1. The van der Waals surface area contributed by atoms with Crippen molar-refractivity contribution in [3.63, 3.8) is 0 Å². The number of hydrogen-bond acceptors (Lipinski definition) is 12. The average Bonchev–Trinajstić information content (AvgIpc) is 4.06. The number of aryl methyl sites for hydroxylation is 1. The third-order valence-corrected chi connectivity index (χ3v) is 14.4. The number of esters is 1. The number of benzene rings is 1. The molecule has 17 nitrogen and oxygen atoms in total.